The van der Waals surface area contributed by atoms with Crippen LogP contribution >= 0.6 is 11.8 Å². The molecule has 7 heteroatoms. The minimum atomic E-state index is -0.711. The van der Waals surface area contributed by atoms with Crippen molar-refractivity contribution in [3.05, 3.63) is 119 Å². The van der Waals surface area contributed by atoms with Gasteiger partial charge in [-0.3, -0.25) is 4.79 Å². The predicted octanol–water partition coefficient (Wildman–Crippen LogP) is 6.90. The molecule has 0 radical (unpaired) electrons. The highest BCUT2D eigenvalue weighted by Gasteiger charge is 2.24. The number of ether oxygens (including phenoxy) is 2. The maximum atomic E-state index is 13.6. The highest BCUT2D eigenvalue weighted by Crippen LogP contribution is 2.30. The van der Waals surface area contributed by atoms with Crippen LogP contribution in [-0.2, 0) is 22.6 Å². The number of methoxy groups -OCH3 is 2. The van der Waals surface area contributed by atoms with Crippen molar-refractivity contribution in [2.24, 2.45) is 0 Å². The number of esters is 1. The quantitative estimate of drug-likeness (QED) is 0.173. The topological polar surface area (TPSA) is 67.9 Å². The van der Waals surface area contributed by atoms with Gasteiger partial charge in [-0.2, -0.15) is 11.8 Å². The number of benzene rings is 4. The zero-order valence-corrected chi connectivity index (χ0v) is 25.4. The maximum absolute atomic E-state index is 13.6. The van der Waals surface area contributed by atoms with E-state index in [1.165, 1.54) is 7.11 Å². The Morgan fingerprint density at radius 3 is 2.17 bits per heavy atom. The number of aryl methyl sites for hydroxylation is 1. The van der Waals surface area contributed by atoms with E-state index in [1.54, 1.807) is 18.9 Å². The van der Waals surface area contributed by atoms with Gasteiger partial charge in [0.1, 0.15) is 11.8 Å². The van der Waals surface area contributed by atoms with E-state index in [2.05, 4.69) is 40.5 Å². The third kappa shape index (κ3) is 7.95. The van der Waals surface area contributed by atoms with Crippen molar-refractivity contribution in [2.45, 2.75) is 32.5 Å². The van der Waals surface area contributed by atoms with E-state index in [-0.39, 0.29) is 5.91 Å². The molecule has 218 valence electrons. The van der Waals surface area contributed by atoms with Gasteiger partial charge < -0.3 is 19.7 Å². The summed E-state index contributed by atoms with van der Waals surface area (Å²) in [5, 5.41) is 2.93. The fourth-order valence-electron chi connectivity index (χ4n) is 4.90. The SMILES string of the molecule is COC(=O)C(CCSC)NC(=O)c1ccc(CN(Cc2ccc(OC)cc2)c2ccccc2)cc1-c1ccccc1C. The molecule has 0 spiro atoms. The van der Waals surface area contributed by atoms with Crippen molar-refractivity contribution < 1.29 is 19.1 Å². The predicted molar refractivity (Wildman–Crippen MR) is 172 cm³/mol. The molecule has 1 N–H and O–H groups in total. The molecule has 0 bridgehead atoms. The van der Waals surface area contributed by atoms with Gasteiger partial charge in [-0.05, 0) is 89.6 Å². The molecule has 0 aromatic heterocycles. The zero-order valence-electron chi connectivity index (χ0n) is 24.6. The molecule has 0 aliphatic carbocycles. The number of hydrogen-bond acceptors (Lipinski definition) is 6. The second-order valence-electron chi connectivity index (χ2n) is 10.1. The zero-order chi connectivity index (χ0) is 29.9. The van der Waals surface area contributed by atoms with Gasteiger partial charge in [0, 0.05) is 24.3 Å². The van der Waals surface area contributed by atoms with Crippen LogP contribution in [0.15, 0.2) is 97.1 Å². The first-order valence-electron chi connectivity index (χ1n) is 13.9. The molecule has 6 nitrogen and oxygen atoms in total. The van der Waals surface area contributed by atoms with Crippen LogP contribution in [0.5, 0.6) is 5.75 Å². The first-order chi connectivity index (χ1) is 20.4. The van der Waals surface area contributed by atoms with Crippen LogP contribution < -0.4 is 15.0 Å². The van der Waals surface area contributed by atoms with Gasteiger partial charge in [0.15, 0.2) is 0 Å². The van der Waals surface area contributed by atoms with E-state index in [4.69, 9.17) is 9.47 Å². The molecule has 1 amide bonds. The number of amides is 1. The monoisotopic (exact) mass is 582 g/mol. The normalized spacial score (nSPS) is 11.4. The van der Waals surface area contributed by atoms with E-state index in [0.29, 0.717) is 25.1 Å². The van der Waals surface area contributed by atoms with Crippen molar-refractivity contribution >= 4 is 29.3 Å². The Labute approximate surface area is 253 Å². The fourth-order valence-corrected chi connectivity index (χ4v) is 5.37. The number of nitrogens with one attached hydrogen (secondary N) is 1. The molecule has 1 unspecified atom stereocenters. The van der Waals surface area contributed by atoms with Crippen LogP contribution in [0.25, 0.3) is 11.1 Å². The van der Waals surface area contributed by atoms with Gasteiger partial charge in [-0.25, -0.2) is 4.79 Å². The third-order valence-corrected chi connectivity index (χ3v) is 7.84. The first-order valence-corrected chi connectivity index (χ1v) is 15.3. The van der Waals surface area contributed by atoms with Crippen molar-refractivity contribution in [1.29, 1.82) is 0 Å². The number of rotatable bonds is 13. The van der Waals surface area contributed by atoms with E-state index >= 15 is 0 Å². The maximum Gasteiger partial charge on any atom is 0.328 e. The number of carbonyl (C=O) groups excluding carboxylic acids is 2. The minimum absolute atomic E-state index is 0.297. The van der Waals surface area contributed by atoms with Crippen molar-refractivity contribution in [3.8, 4) is 16.9 Å². The lowest BCUT2D eigenvalue weighted by atomic mass is 9.93. The highest BCUT2D eigenvalue weighted by atomic mass is 32.2. The Morgan fingerprint density at radius 1 is 0.833 bits per heavy atom. The summed E-state index contributed by atoms with van der Waals surface area (Å²) in [7, 11) is 3.01. The average Bonchev–Trinajstić information content (AvgIpc) is 3.03. The fraction of sp³-hybridized carbons (Fsp3) is 0.257. The van der Waals surface area contributed by atoms with Gasteiger partial charge in [0.25, 0.3) is 5.91 Å². The van der Waals surface area contributed by atoms with Gasteiger partial charge in [-0.15, -0.1) is 0 Å². The molecule has 42 heavy (non-hydrogen) atoms. The van der Waals surface area contributed by atoms with Gasteiger partial charge in [0.2, 0.25) is 0 Å². The van der Waals surface area contributed by atoms with E-state index in [0.717, 1.165) is 45.0 Å². The number of thioether (sulfide) groups is 1. The van der Waals surface area contributed by atoms with Crippen LogP contribution in [0.3, 0.4) is 0 Å². The van der Waals surface area contributed by atoms with Crippen molar-refractivity contribution in [2.75, 3.05) is 31.1 Å². The summed E-state index contributed by atoms with van der Waals surface area (Å²) in [4.78, 5) is 28.4. The van der Waals surface area contributed by atoms with E-state index in [9.17, 15) is 9.59 Å². The Bertz CT molecular complexity index is 1470. The largest absolute Gasteiger partial charge is 0.497 e. The summed E-state index contributed by atoms with van der Waals surface area (Å²) < 4.78 is 10.3. The van der Waals surface area contributed by atoms with Crippen LogP contribution in [0.4, 0.5) is 5.69 Å². The molecule has 0 aliphatic rings. The van der Waals surface area contributed by atoms with E-state index < -0.39 is 12.0 Å². The van der Waals surface area contributed by atoms with Crippen LogP contribution in [0, 0.1) is 6.92 Å². The number of anilines is 1. The second-order valence-corrected chi connectivity index (χ2v) is 11.1. The van der Waals surface area contributed by atoms with Gasteiger partial charge >= 0.3 is 5.97 Å². The van der Waals surface area contributed by atoms with E-state index in [1.807, 2.05) is 79.9 Å². The molecular weight excluding hydrogens is 544 g/mol. The van der Waals surface area contributed by atoms with Gasteiger partial charge in [0.05, 0.1) is 14.2 Å². The Kier molecular flexibility index (Phi) is 11.1. The van der Waals surface area contributed by atoms with Crippen LogP contribution in [0.1, 0.15) is 33.5 Å². The lowest BCUT2D eigenvalue weighted by Gasteiger charge is -2.26. The van der Waals surface area contributed by atoms with Crippen LogP contribution in [-0.4, -0.2) is 44.1 Å². The Balaban J connectivity index is 1.69. The minimum Gasteiger partial charge on any atom is -0.497 e. The number of carbonyl (C=O) groups is 2. The lowest BCUT2D eigenvalue weighted by Crippen LogP contribution is -2.42. The number of para-hydroxylation sites is 1. The molecule has 1 atom stereocenters. The molecule has 4 aromatic rings. The second kappa shape index (κ2) is 15.1. The average molecular weight is 583 g/mol. The number of nitrogens with zero attached hydrogens (tertiary/aromatic N) is 1. The molecule has 0 saturated carbocycles. The van der Waals surface area contributed by atoms with Crippen molar-refractivity contribution in [1.82, 2.24) is 5.32 Å². The summed E-state index contributed by atoms with van der Waals surface area (Å²) in [5.41, 5.74) is 6.71. The molecule has 0 aliphatic heterocycles. The first kappa shape index (κ1) is 30.7. The highest BCUT2D eigenvalue weighted by molar-refractivity contribution is 7.98. The molecule has 0 heterocycles. The lowest BCUT2D eigenvalue weighted by molar-refractivity contribution is -0.142. The molecule has 0 saturated heterocycles. The summed E-state index contributed by atoms with van der Waals surface area (Å²) >= 11 is 1.62. The molecule has 4 rings (SSSR count). The third-order valence-electron chi connectivity index (χ3n) is 7.19. The summed E-state index contributed by atoms with van der Waals surface area (Å²) in [6, 6.07) is 31.7. The van der Waals surface area contributed by atoms with Crippen molar-refractivity contribution in [3.63, 3.8) is 0 Å². The number of hydrogen-bond donors (Lipinski definition) is 1. The summed E-state index contributed by atoms with van der Waals surface area (Å²) in [5.74, 6) is 0.815. The van der Waals surface area contributed by atoms with Gasteiger partial charge in [-0.1, -0.05) is 60.7 Å². The molecule has 4 aromatic carbocycles. The summed E-state index contributed by atoms with van der Waals surface area (Å²) in [6.45, 7) is 3.38. The molecule has 0 fully saturated rings. The Morgan fingerprint density at radius 2 is 1.50 bits per heavy atom. The summed E-state index contributed by atoms with van der Waals surface area (Å²) in [6.07, 6.45) is 2.47. The molecular formula is C35H38N2O4S. The Hall–Kier alpha value is -4.23. The van der Waals surface area contributed by atoms with Crippen LogP contribution in [0.2, 0.25) is 0 Å². The standard InChI is InChI=1S/C35H38N2O4S/c1-25-10-8-9-13-30(25)32-22-27(16-19-31(32)34(38)36-33(20-21-42-4)35(39)41-3)24-37(28-11-6-5-7-12-28)23-26-14-17-29(40-2)18-15-26/h5-19,22,33H,20-21,23-24H2,1-4H3,(H,36,38). The smallest absolute Gasteiger partial charge is 0.328 e.